The smallest absolute Gasteiger partial charge is 1.00 e. The van der Waals surface area contributed by atoms with Crippen LogP contribution >= 0.6 is 0 Å². The fourth-order valence-electron chi connectivity index (χ4n) is 0. The Balaban J connectivity index is -0.0000000536. The maximum Gasteiger partial charge on any atom is 1.00 e. The molecule has 110 valence electrons. The predicted molar refractivity (Wildman–Crippen MR) is 78.5 cm³/mol. The molecule has 0 aromatic carbocycles. The monoisotopic (exact) mass is 259 g/mol. The second kappa shape index (κ2) is 12.2. The molecule has 0 rings (SSSR count). The van der Waals surface area contributed by atoms with Gasteiger partial charge in [-0.3, -0.25) is 4.79 Å². The Morgan fingerprint density at radius 1 is 1.00 bits per heavy atom. The normalized spacial score (nSPS) is 8.33. The standard InChI is InChI=1S/3C5H10O.H/c3*1-4(2)5(3)6;/h2*6H,1-3H3;4H,1-3H3;/q;;;-1. The van der Waals surface area contributed by atoms with E-state index in [1.54, 1.807) is 20.8 Å². The molecule has 3 nitrogen and oxygen atoms in total. The molecule has 0 aromatic rings. The Kier molecular flexibility index (Phi) is 14.9. The van der Waals surface area contributed by atoms with Crippen molar-refractivity contribution in [3.05, 3.63) is 22.7 Å². The molecule has 0 aliphatic carbocycles. The molecule has 18 heavy (non-hydrogen) atoms. The van der Waals surface area contributed by atoms with Crippen molar-refractivity contribution in [2.75, 3.05) is 0 Å². The van der Waals surface area contributed by atoms with Gasteiger partial charge in [0.05, 0.1) is 5.76 Å². The second-order valence-corrected chi connectivity index (χ2v) is 4.91. The molecule has 0 saturated carbocycles. The summed E-state index contributed by atoms with van der Waals surface area (Å²) in [5.41, 5.74) is 1.85. The molecule has 0 aromatic heterocycles. The van der Waals surface area contributed by atoms with Gasteiger partial charge in [-0.05, 0) is 47.1 Å². The number of aliphatic hydroxyl groups is 1. The summed E-state index contributed by atoms with van der Waals surface area (Å²) in [6, 6.07) is 0. The van der Waals surface area contributed by atoms with Crippen LogP contribution in [0.1, 0.15) is 65.2 Å². The number of ketones is 1. The third-order valence-corrected chi connectivity index (χ3v) is 2.24. The second-order valence-electron chi connectivity index (χ2n) is 4.91. The Bertz CT molecular complexity index is 248. The summed E-state index contributed by atoms with van der Waals surface area (Å²) >= 11 is 0. The first-order valence-electron chi connectivity index (χ1n) is 6.08. The molecular weight excluding hydrogens is 228 g/mol. The Labute approximate surface area is 115 Å². The number of hydrogen-bond acceptors (Lipinski definition) is 3. The molecule has 0 unspecified atom stereocenters. The zero-order chi connectivity index (χ0) is 15.5. The lowest BCUT2D eigenvalue weighted by Crippen LogP contribution is -1.98. The summed E-state index contributed by atoms with van der Waals surface area (Å²) in [6.45, 7) is 16.0. The first-order chi connectivity index (χ1) is 7.93. The van der Waals surface area contributed by atoms with Crippen molar-refractivity contribution in [1.29, 1.82) is 0 Å². The van der Waals surface area contributed by atoms with Crippen LogP contribution in [0, 0.1) is 5.92 Å². The molecule has 1 N–H and O–H groups in total. The van der Waals surface area contributed by atoms with Gasteiger partial charge >= 0.3 is 1.43 Å². The number of hydrogen-bond donors (Lipinski definition) is 1. The molecule has 0 heterocycles. The van der Waals surface area contributed by atoms with Crippen LogP contribution < -0.4 is 5.11 Å². The van der Waals surface area contributed by atoms with E-state index >= 15 is 0 Å². The van der Waals surface area contributed by atoms with Crippen LogP contribution in [0.3, 0.4) is 0 Å². The highest BCUT2D eigenvalue weighted by molar-refractivity contribution is 5.77. The topological polar surface area (TPSA) is 60.4 Å². The van der Waals surface area contributed by atoms with E-state index in [-0.39, 0.29) is 20.3 Å². The van der Waals surface area contributed by atoms with Crippen molar-refractivity contribution in [2.24, 2.45) is 5.92 Å². The van der Waals surface area contributed by atoms with Crippen LogP contribution in [0.5, 0.6) is 0 Å². The van der Waals surface area contributed by atoms with Crippen LogP contribution in [0.2, 0.25) is 0 Å². The van der Waals surface area contributed by atoms with Crippen molar-refractivity contribution in [2.45, 2.75) is 62.3 Å². The van der Waals surface area contributed by atoms with Crippen LogP contribution in [-0.2, 0) is 4.79 Å². The van der Waals surface area contributed by atoms with Gasteiger partial charge in [-0.15, -0.1) is 5.76 Å². The van der Waals surface area contributed by atoms with Gasteiger partial charge in [0.1, 0.15) is 5.78 Å². The Morgan fingerprint density at radius 3 is 1.17 bits per heavy atom. The fourth-order valence-corrected chi connectivity index (χ4v) is 0. The van der Waals surface area contributed by atoms with Crippen LogP contribution in [0.25, 0.3) is 0 Å². The average Bonchev–Trinajstić information content (AvgIpc) is 2.18. The van der Waals surface area contributed by atoms with Gasteiger partial charge in [-0.1, -0.05) is 26.3 Å². The lowest BCUT2D eigenvalue weighted by molar-refractivity contribution is -0.303. The third kappa shape index (κ3) is 24.1. The number of aliphatic hydroxyl groups excluding tert-OH is 1. The minimum absolute atomic E-state index is 0. The number of carbonyl (C=O) groups is 1. The molecular formula is C15H31O3-. The zero-order valence-electron chi connectivity index (χ0n) is 15.3. The Morgan fingerprint density at radius 2 is 1.17 bits per heavy atom. The summed E-state index contributed by atoms with van der Waals surface area (Å²) in [4.78, 5) is 10.1. The summed E-state index contributed by atoms with van der Waals surface area (Å²) in [5, 5.41) is 18.6. The molecule has 0 spiro atoms. The van der Waals surface area contributed by atoms with Crippen LogP contribution in [-0.4, -0.2) is 10.9 Å². The number of carbonyl (C=O) groups excluding carboxylic acids is 1. The highest BCUT2D eigenvalue weighted by Crippen LogP contribution is 1.93. The minimum Gasteiger partial charge on any atom is -1.00 e. The van der Waals surface area contributed by atoms with Gasteiger partial charge in [0.2, 0.25) is 0 Å². The SMILES string of the molecule is CC(=O)C(C)C.CC(C)=C(C)O.CC(C)=C(C)[O-].[H+].[H-]. The molecule has 0 fully saturated rings. The number of Topliss-reactive ketones (excluding diaryl/α,β-unsaturated/α-hetero) is 1. The number of allylic oxidation sites excluding steroid dienone is 4. The van der Waals surface area contributed by atoms with Crippen molar-refractivity contribution >= 4 is 5.78 Å². The first-order valence-corrected chi connectivity index (χ1v) is 6.08. The fraction of sp³-hybridized carbons (Fsp3) is 0.667. The van der Waals surface area contributed by atoms with E-state index in [1.165, 1.54) is 0 Å². The van der Waals surface area contributed by atoms with E-state index in [0.29, 0.717) is 5.76 Å². The first kappa shape index (κ1) is 22.0. The summed E-state index contributed by atoms with van der Waals surface area (Å²) in [6.07, 6.45) is 0. The van der Waals surface area contributed by atoms with Crippen molar-refractivity contribution in [3.63, 3.8) is 0 Å². The van der Waals surface area contributed by atoms with E-state index in [1.807, 2.05) is 41.5 Å². The maximum atomic E-state index is 10.1. The van der Waals surface area contributed by atoms with Gasteiger partial charge in [0.25, 0.3) is 0 Å². The van der Waals surface area contributed by atoms with Crippen LogP contribution in [0.15, 0.2) is 22.7 Å². The van der Waals surface area contributed by atoms with Crippen molar-refractivity contribution in [1.82, 2.24) is 0 Å². The molecule has 0 bridgehead atoms. The van der Waals surface area contributed by atoms with Gasteiger partial charge in [0.15, 0.2) is 0 Å². The van der Waals surface area contributed by atoms with E-state index in [2.05, 4.69) is 0 Å². The molecule has 0 amide bonds. The van der Waals surface area contributed by atoms with E-state index in [4.69, 9.17) is 5.11 Å². The highest BCUT2D eigenvalue weighted by Gasteiger charge is 1.95. The van der Waals surface area contributed by atoms with Gasteiger partial charge in [-0.2, -0.15) is 0 Å². The molecule has 0 aliphatic heterocycles. The minimum atomic E-state index is 0. The van der Waals surface area contributed by atoms with E-state index in [0.717, 1.165) is 11.1 Å². The molecule has 3 heteroatoms. The molecule has 0 aliphatic rings. The Hall–Kier alpha value is -1.25. The lowest BCUT2D eigenvalue weighted by Gasteiger charge is -2.03. The van der Waals surface area contributed by atoms with E-state index in [9.17, 15) is 9.90 Å². The average molecular weight is 259 g/mol. The third-order valence-electron chi connectivity index (χ3n) is 2.24. The van der Waals surface area contributed by atoms with Gasteiger partial charge in [0, 0.05) is 5.92 Å². The van der Waals surface area contributed by atoms with Crippen molar-refractivity contribution < 1.29 is 17.9 Å². The lowest BCUT2D eigenvalue weighted by atomic mass is 10.1. The molecule has 0 saturated heterocycles. The summed E-state index contributed by atoms with van der Waals surface area (Å²) < 4.78 is 0. The summed E-state index contributed by atoms with van der Waals surface area (Å²) in [5.74, 6) is 1.07. The van der Waals surface area contributed by atoms with Crippen LogP contribution in [0.4, 0.5) is 0 Å². The largest absolute Gasteiger partial charge is 1.00 e. The highest BCUT2D eigenvalue weighted by atomic mass is 16.3. The van der Waals surface area contributed by atoms with Crippen molar-refractivity contribution in [3.8, 4) is 0 Å². The molecule has 0 atom stereocenters. The zero-order valence-corrected chi connectivity index (χ0v) is 13.3. The maximum absolute atomic E-state index is 10.1. The van der Waals surface area contributed by atoms with E-state index < -0.39 is 0 Å². The number of rotatable bonds is 1. The van der Waals surface area contributed by atoms with Gasteiger partial charge in [-0.25, -0.2) is 0 Å². The quantitative estimate of drug-likeness (QED) is 0.725. The van der Waals surface area contributed by atoms with Gasteiger partial charge < -0.3 is 11.6 Å². The summed E-state index contributed by atoms with van der Waals surface area (Å²) in [7, 11) is 0. The molecule has 0 radical (unpaired) electrons. The predicted octanol–water partition coefficient (Wildman–Crippen LogP) is 3.98.